The molecule has 1 aliphatic rings. The van der Waals surface area contributed by atoms with Crippen molar-refractivity contribution in [1.82, 2.24) is 5.32 Å². The summed E-state index contributed by atoms with van der Waals surface area (Å²) in [6, 6.07) is 7.51. The molecule has 1 aromatic rings. The number of nitrogens with one attached hydrogen (secondary N) is 1. The highest BCUT2D eigenvalue weighted by Crippen LogP contribution is 2.27. The summed E-state index contributed by atoms with van der Waals surface area (Å²) in [6.45, 7) is 2.70. The first kappa shape index (κ1) is 15.4. The van der Waals surface area contributed by atoms with Gasteiger partial charge in [0.1, 0.15) is 5.75 Å². The van der Waals surface area contributed by atoms with Crippen LogP contribution in [0.2, 0.25) is 0 Å². The third kappa shape index (κ3) is 4.48. The Hall–Kier alpha value is -2.04. The number of hydrogen-bond acceptors (Lipinski definition) is 3. The third-order valence-corrected chi connectivity index (χ3v) is 3.59. The van der Waals surface area contributed by atoms with Crippen LogP contribution in [0.1, 0.15) is 31.7 Å². The minimum absolute atomic E-state index is 0.00174. The van der Waals surface area contributed by atoms with Gasteiger partial charge in [-0.15, -0.1) is 0 Å². The van der Waals surface area contributed by atoms with Crippen LogP contribution in [-0.4, -0.2) is 29.6 Å². The lowest BCUT2D eigenvalue weighted by atomic mass is 9.80. The number of carboxylic acid groups (broad SMARTS) is 1. The van der Waals surface area contributed by atoms with E-state index in [4.69, 9.17) is 9.84 Å². The second kappa shape index (κ2) is 7.11. The van der Waals surface area contributed by atoms with Gasteiger partial charge in [0, 0.05) is 6.04 Å². The van der Waals surface area contributed by atoms with Crippen molar-refractivity contribution in [3.63, 3.8) is 0 Å². The zero-order valence-electron chi connectivity index (χ0n) is 12.2. The Morgan fingerprint density at radius 2 is 2.14 bits per heavy atom. The normalized spacial score (nSPS) is 20.4. The molecule has 1 fully saturated rings. The average Bonchev–Trinajstić information content (AvgIpc) is 2.40. The van der Waals surface area contributed by atoms with Crippen LogP contribution in [0.15, 0.2) is 24.3 Å². The fourth-order valence-electron chi connectivity index (χ4n) is 2.37. The van der Waals surface area contributed by atoms with Gasteiger partial charge in [0.2, 0.25) is 5.91 Å². The molecule has 21 heavy (non-hydrogen) atoms. The maximum atomic E-state index is 11.9. The summed E-state index contributed by atoms with van der Waals surface area (Å²) < 4.78 is 5.53. The van der Waals surface area contributed by atoms with Gasteiger partial charge in [0.05, 0.1) is 18.9 Å². The Morgan fingerprint density at radius 1 is 1.38 bits per heavy atom. The molecule has 5 nitrogen and oxygen atoms in total. The van der Waals surface area contributed by atoms with Crippen molar-refractivity contribution in [2.24, 2.45) is 5.92 Å². The molecular weight excluding hydrogens is 270 g/mol. The van der Waals surface area contributed by atoms with E-state index >= 15 is 0 Å². The van der Waals surface area contributed by atoms with Crippen LogP contribution >= 0.6 is 0 Å². The minimum atomic E-state index is -0.777. The lowest BCUT2D eigenvalue weighted by Gasteiger charge is -2.32. The van der Waals surface area contributed by atoms with E-state index in [1.165, 1.54) is 0 Å². The van der Waals surface area contributed by atoms with Crippen molar-refractivity contribution in [3.8, 4) is 5.75 Å². The molecular formula is C16H21NO4. The largest absolute Gasteiger partial charge is 0.494 e. The van der Waals surface area contributed by atoms with Crippen molar-refractivity contribution in [3.05, 3.63) is 29.8 Å². The molecule has 1 aromatic carbocycles. The van der Waals surface area contributed by atoms with Gasteiger partial charge in [0.25, 0.3) is 0 Å². The molecule has 0 bridgehead atoms. The number of carbonyl (C=O) groups excluding carboxylic acids is 1. The molecule has 2 rings (SSSR count). The first-order valence-electron chi connectivity index (χ1n) is 7.32. The van der Waals surface area contributed by atoms with E-state index in [1.807, 2.05) is 31.2 Å². The average molecular weight is 291 g/mol. The molecule has 0 unspecified atom stereocenters. The van der Waals surface area contributed by atoms with Crippen molar-refractivity contribution < 1.29 is 19.4 Å². The third-order valence-electron chi connectivity index (χ3n) is 3.59. The molecule has 0 atom stereocenters. The molecule has 0 heterocycles. The van der Waals surface area contributed by atoms with Gasteiger partial charge in [-0.1, -0.05) is 19.1 Å². The Kier molecular flexibility index (Phi) is 5.20. The first-order valence-corrected chi connectivity index (χ1v) is 7.32. The Balaban J connectivity index is 1.79. The summed E-state index contributed by atoms with van der Waals surface area (Å²) in [6.07, 6.45) is 2.29. The molecule has 0 spiro atoms. The van der Waals surface area contributed by atoms with E-state index in [1.54, 1.807) is 0 Å². The second-order valence-corrected chi connectivity index (χ2v) is 5.44. The van der Waals surface area contributed by atoms with Gasteiger partial charge in [-0.2, -0.15) is 0 Å². The highest BCUT2D eigenvalue weighted by atomic mass is 16.5. The van der Waals surface area contributed by atoms with Crippen molar-refractivity contribution in [1.29, 1.82) is 0 Å². The minimum Gasteiger partial charge on any atom is -0.494 e. The summed E-state index contributed by atoms with van der Waals surface area (Å²) in [5, 5.41) is 11.7. The first-order chi connectivity index (χ1) is 10.1. The van der Waals surface area contributed by atoms with Crippen LogP contribution in [0.5, 0.6) is 5.75 Å². The smallest absolute Gasteiger partial charge is 0.306 e. The molecule has 5 heteroatoms. The van der Waals surface area contributed by atoms with E-state index in [2.05, 4.69) is 5.32 Å². The van der Waals surface area contributed by atoms with Gasteiger partial charge in [-0.05, 0) is 37.0 Å². The molecule has 0 aromatic heterocycles. The summed E-state index contributed by atoms with van der Waals surface area (Å²) in [5.74, 6) is -0.379. The highest BCUT2D eigenvalue weighted by Gasteiger charge is 2.35. The standard InChI is InChI=1S/C16H21NO4/c1-2-6-21-14-5-3-4-11(7-14)8-15(18)17-13-9-12(10-13)16(19)20/h3-5,7,12-13H,2,6,8-10H2,1H3,(H,17,18)(H,19,20). The number of rotatable bonds is 7. The van der Waals surface area contributed by atoms with Crippen molar-refractivity contribution >= 4 is 11.9 Å². The summed E-state index contributed by atoms with van der Waals surface area (Å²) in [5.41, 5.74) is 0.898. The van der Waals surface area contributed by atoms with E-state index < -0.39 is 5.97 Å². The number of benzene rings is 1. The van der Waals surface area contributed by atoms with Crippen molar-refractivity contribution in [2.75, 3.05) is 6.61 Å². The molecule has 1 saturated carbocycles. The molecule has 1 amide bonds. The lowest BCUT2D eigenvalue weighted by Crippen LogP contribution is -2.47. The zero-order chi connectivity index (χ0) is 15.2. The number of carboxylic acids is 1. The second-order valence-electron chi connectivity index (χ2n) is 5.44. The van der Waals surface area contributed by atoms with Crippen LogP contribution in [0, 0.1) is 5.92 Å². The predicted molar refractivity (Wildman–Crippen MR) is 78.2 cm³/mol. The summed E-state index contributed by atoms with van der Waals surface area (Å²) in [4.78, 5) is 22.6. The molecule has 2 N–H and O–H groups in total. The maximum Gasteiger partial charge on any atom is 0.306 e. The van der Waals surface area contributed by atoms with E-state index in [0.717, 1.165) is 17.7 Å². The van der Waals surface area contributed by atoms with Crippen LogP contribution in [0.25, 0.3) is 0 Å². The predicted octanol–water partition coefficient (Wildman–Crippen LogP) is 2.00. The van der Waals surface area contributed by atoms with Gasteiger partial charge in [-0.3, -0.25) is 9.59 Å². The van der Waals surface area contributed by atoms with E-state index in [0.29, 0.717) is 19.4 Å². The highest BCUT2D eigenvalue weighted by molar-refractivity contribution is 5.79. The van der Waals surface area contributed by atoms with Gasteiger partial charge in [0.15, 0.2) is 0 Å². The van der Waals surface area contributed by atoms with Crippen molar-refractivity contribution in [2.45, 2.75) is 38.6 Å². The van der Waals surface area contributed by atoms with Gasteiger partial charge >= 0.3 is 5.97 Å². The lowest BCUT2D eigenvalue weighted by molar-refractivity contribution is -0.146. The van der Waals surface area contributed by atoms with Crippen LogP contribution in [-0.2, 0) is 16.0 Å². The molecule has 0 radical (unpaired) electrons. The topological polar surface area (TPSA) is 75.6 Å². The molecule has 0 aliphatic heterocycles. The zero-order valence-corrected chi connectivity index (χ0v) is 12.2. The summed E-state index contributed by atoms with van der Waals surface area (Å²) >= 11 is 0. The maximum absolute atomic E-state index is 11.9. The number of carbonyl (C=O) groups is 2. The number of hydrogen-bond donors (Lipinski definition) is 2. The van der Waals surface area contributed by atoms with Crippen LogP contribution in [0.3, 0.4) is 0 Å². The quantitative estimate of drug-likeness (QED) is 0.805. The monoisotopic (exact) mass is 291 g/mol. The van der Waals surface area contributed by atoms with E-state index in [9.17, 15) is 9.59 Å². The molecule has 1 aliphatic carbocycles. The molecule has 0 saturated heterocycles. The fourth-order valence-corrected chi connectivity index (χ4v) is 2.37. The number of amides is 1. The van der Waals surface area contributed by atoms with Gasteiger partial charge in [-0.25, -0.2) is 0 Å². The van der Waals surface area contributed by atoms with E-state index in [-0.39, 0.29) is 24.3 Å². The Bertz CT molecular complexity index is 509. The molecule has 114 valence electrons. The number of aliphatic carboxylic acids is 1. The Morgan fingerprint density at radius 3 is 2.81 bits per heavy atom. The van der Waals surface area contributed by atoms with Crippen LogP contribution < -0.4 is 10.1 Å². The summed E-state index contributed by atoms with van der Waals surface area (Å²) in [7, 11) is 0. The number of ether oxygens (including phenoxy) is 1. The Labute approximate surface area is 124 Å². The fraction of sp³-hybridized carbons (Fsp3) is 0.500. The SMILES string of the molecule is CCCOc1cccc(CC(=O)NC2CC(C(=O)O)C2)c1. The van der Waals surface area contributed by atoms with Gasteiger partial charge < -0.3 is 15.2 Å². The van der Waals surface area contributed by atoms with Crippen LogP contribution in [0.4, 0.5) is 0 Å².